The van der Waals surface area contributed by atoms with Crippen molar-refractivity contribution in [3.8, 4) is 0 Å². The highest BCUT2D eigenvalue weighted by molar-refractivity contribution is 6.28. The first-order chi connectivity index (χ1) is 68.1. The molecular weight excluding hydrogens is 1880 g/mol. The van der Waals surface area contributed by atoms with E-state index in [2.05, 4.69) is 37.2 Å². The number of alkyl halides is 2. The van der Waals surface area contributed by atoms with Crippen LogP contribution in [0.5, 0.6) is 0 Å². The average Bonchev–Trinajstić information content (AvgIpc) is 1.49. The number of aliphatic hydroxyl groups excluding tert-OH is 1. The Morgan fingerprint density at radius 2 is 1.13 bits per heavy atom. The number of halogens is 3. The Morgan fingerprint density at radius 3 is 1.68 bits per heavy atom. The molecule has 1 saturated heterocycles. The Labute approximate surface area is 820 Å². The van der Waals surface area contributed by atoms with Crippen LogP contribution in [-0.4, -0.2) is 349 Å². The van der Waals surface area contributed by atoms with Gasteiger partial charge in [0.15, 0.2) is 29.1 Å². The van der Waals surface area contributed by atoms with Crippen molar-refractivity contribution in [2.45, 2.75) is 154 Å². The van der Waals surface area contributed by atoms with Gasteiger partial charge in [-0.3, -0.25) is 62.4 Å². The predicted molar refractivity (Wildman–Crippen MR) is 495 cm³/mol. The molecule has 10 amide bonds. The van der Waals surface area contributed by atoms with Gasteiger partial charge in [-0.2, -0.15) is 0 Å². The highest BCUT2D eigenvalue weighted by Crippen LogP contribution is 2.73. The number of aliphatic hydroxyl groups is 1. The van der Waals surface area contributed by atoms with Crippen LogP contribution in [0.4, 0.5) is 29.3 Å². The summed E-state index contributed by atoms with van der Waals surface area (Å²) in [7, 11) is 0. The van der Waals surface area contributed by atoms with Crippen molar-refractivity contribution in [2.24, 2.45) is 28.6 Å². The van der Waals surface area contributed by atoms with Gasteiger partial charge in [0.1, 0.15) is 50.1 Å². The molecule has 3 aromatic rings. The smallest absolute Gasteiger partial charge is 0.411 e. The molecule has 6 aliphatic rings. The second-order valence-corrected chi connectivity index (χ2v) is 35.0. The largest absolute Gasteiger partial charge is 0.481 e. The van der Waals surface area contributed by atoms with Crippen LogP contribution >= 0.6 is 0 Å². The van der Waals surface area contributed by atoms with E-state index >= 15 is 13.6 Å². The maximum atomic E-state index is 18.2. The molecule has 0 radical (unpaired) electrons. The molecular formula is C97H132F3N9O33. The maximum absolute atomic E-state index is 18.2. The Bertz CT molecular complexity index is 4810. The third kappa shape index (κ3) is 33.3. The first kappa shape index (κ1) is 115. The van der Waals surface area contributed by atoms with E-state index in [1.165, 1.54) is 79.4 Å². The third-order valence-electron chi connectivity index (χ3n) is 24.9. The number of rotatable bonds is 68. The van der Waals surface area contributed by atoms with E-state index in [1.807, 2.05) is 0 Å². The number of nitrogens with zero attached hydrogens (tertiary/aromatic N) is 2. The summed E-state index contributed by atoms with van der Waals surface area (Å²) in [4.78, 5) is 183. The fraction of sp³-hybridized carbons (Fsp3) is 0.608. The van der Waals surface area contributed by atoms with Gasteiger partial charge in [-0.25, -0.2) is 27.7 Å². The van der Waals surface area contributed by atoms with Crippen LogP contribution in [-0.2, 0) is 146 Å². The molecule has 0 bridgehead atoms. The summed E-state index contributed by atoms with van der Waals surface area (Å²) in [6.07, 6.45) is -2.91. The van der Waals surface area contributed by atoms with Crippen LogP contribution in [0.2, 0.25) is 0 Å². The molecule has 142 heavy (non-hydrogen) atoms. The van der Waals surface area contributed by atoms with Gasteiger partial charge in [0.2, 0.25) is 35.4 Å². The van der Waals surface area contributed by atoms with Crippen LogP contribution in [0.3, 0.4) is 0 Å². The number of ketones is 2. The standard InChI is InChI=1S/C97H132F3N9O33/c1-7-108(61-139-60-78(112)97-79(141-92(142-97)66-9-8-10-67(98)51-66)55-72-73-54-75(99)74-53-70(110)23-25-94(74,5)96(73,100)77(111)56-95(72,97)6)93(126)140-59-64-11-15-68(16-12-64)105-88(121)63(4)104-90(123)87(62(2)3)107-80(113)19-14-65-13-17-69(109-84(117)20-21-85(109)118)52-71(65)89(122)103-58-83(116)102-57-82(115)101-26-28-128-30-32-130-34-36-132-38-40-134-42-44-136-46-48-138-50-49-137-47-45-135-43-41-133-39-37-131-35-33-129-31-29-127-27-24-81(114)106-76(91(124)125)18-22-86(119)120/h8-13,15-17,20-21,23,25,51-53,62-63,72-73,75-77,79,87,92,111H,7,14,18-19,22,24,26-50,54-61H2,1-6H3,(H,101,115)(H,102,116)(H,103,122)(H,104,123)(H,105,121)(H,106,114)(H,107,113)(H,119,120)(H,124,125)/t63-,72-,73-,75-,76-,77-,79+,87-,92+,94-,95-,96-,97+/m0/s1. The SMILES string of the molecule is CCN(COCC(=O)[C@@]12O[C@H](c3cccc(F)c3)O[C@@H]1C[C@H]1[C@@H]3C[C@H](F)C4=CC(=O)C=C[C@]4(C)[C@@]3(F)[C@@H](O)C[C@@]12C)C(=O)OCc1ccc(NC(=O)[C@H](C)NC(=O)[C@@H](NC(=O)CCc2ccc(N3C(=O)C=CC3=O)cc2C(=O)NCC(=O)NCC(=O)NCCOCCOCCOCCOCCOCCOCCOCCOCCOCCOCCOCCOCCC(=O)N[C@@H](CCC(=O)O)C(=O)O)C(C)C)cc1. The van der Waals surface area contributed by atoms with Gasteiger partial charge in [-0.1, -0.05) is 57.2 Å². The lowest BCUT2D eigenvalue weighted by Crippen LogP contribution is -2.70. The quantitative estimate of drug-likeness (QED) is 0.0218. The number of Topliss-reactive ketones (excluding diaryl/α,β-unsaturated/α-hetero) is 1. The summed E-state index contributed by atoms with van der Waals surface area (Å²) < 4.78 is 140. The van der Waals surface area contributed by atoms with Crippen LogP contribution in [0.25, 0.3) is 0 Å². The number of benzene rings is 3. The first-order valence-electron chi connectivity index (χ1n) is 47.4. The topological polar surface area (TPSA) is 538 Å². The van der Waals surface area contributed by atoms with E-state index in [-0.39, 0.29) is 132 Å². The zero-order valence-electron chi connectivity index (χ0n) is 80.7. The van der Waals surface area contributed by atoms with E-state index in [0.29, 0.717) is 130 Å². The number of aliphatic carboxylic acids is 2. The van der Waals surface area contributed by atoms with Gasteiger partial charge in [0.25, 0.3) is 17.7 Å². The molecule has 784 valence electrons. The van der Waals surface area contributed by atoms with E-state index < -0.39 is 204 Å². The lowest BCUT2D eigenvalue weighted by Gasteiger charge is -2.63. The maximum Gasteiger partial charge on any atom is 0.411 e. The Balaban J connectivity index is 0.572. The number of allylic oxidation sites excluding steroid dienone is 4. The summed E-state index contributed by atoms with van der Waals surface area (Å²) in [5, 5.41) is 47.7. The number of ether oxygens (including phenoxy) is 16. The molecule has 3 aromatic carbocycles. The highest BCUT2D eigenvalue weighted by atomic mass is 19.1. The number of hydrogen-bond acceptors (Lipinski definition) is 31. The molecule has 2 aliphatic heterocycles. The Morgan fingerprint density at radius 1 is 0.592 bits per heavy atom. The highest BCUT2D eigenvalue weighted by Gasteiger charge is 2.80. The van der Waals surface area contributed by atoms with Crippen LogP contribution in [0.1, 0.15) is 120 Å². The molecule has 0 aromatic heterocycles. The lowest BCUT2D eigenvalue weighted by atomic mass is 9.44. The summed E-state index contributed by atoms with van der Waals surface area (Å²) in [6, 6.07) is 12.1. The van der Waals surface area contributed by atoms with Crippen LogP contribution < -0.4 is 42.1 Å². The van der Waals surface area contributed by atoms with Crippen molar-refractivity contribution in [3.63, 3.8) is 0 Å². The number of anilines is 2. The number of carbonyl (C=O) groups excluding carboxylic acids is 12. The van der Waals surface area contributed by atoms with Gasteiger partial charge < -0.3 is 128 Å². The third-order valence-corrected chi connectivity index (χ3v) is 24.9. The summed E-state index contributed by atoms with van der Waals surface area (Å²) >= 11 is 0. The molecule has 0 spiro atoms. The van der Waals surface area contributed by atoms with Crippen molar-refractivity contribution in [1.29, 1.82) is 0 Å². The lowest BCUT2D eigenvalue weighted by molar-refractivity contribution is -0.235. The predicted octanol–water partition coefficient (Wildman–Crippen LogP) is 3.74. The van der Waals surface area contributed by atoms with Crippen LogP contribution in [0.15, 0.2) is 103 Å². The summed E-state index contributed by atoms with van der Waals surface area (Å²) in [6.45, 7) is 15.1. The molecule has 45 heteroatoms. The molecule has 42 nitrogen and oxygen atoms in total. The molecule has 3 saturated carbocycles. The average molecular weight is 2010 g/mol. The number of carbonyl (C=O) groups is 14. The van der Waals surface area contributed by atoms with Crippen molar-refractivity contribution in [2.75, 3.05) is 208 Å². The minimum Gasteiger partial charge on any atom is -0.481 e. The van der Waals surface area contributed by atoms with Gasteiger partial charge in [-0.05, 0) is 130 Å². The monoisotopic (exact) mass is 2010 g/mol. The van der Waals surface area contributed by atoms with Crippen molar-refractivity contribution in [3.05, 3.63) is 131 Å². The Kier molecular flexibility index (Phi) is 46.9. The number of amides is 10. The minimum atomic E-state index is -2.47. The van der Waals surface area contributed by atoms with Crippen LogP contribution in [0, 0.1) is 34.4 Å². The van der Waals surface area contributed by atoms with Gasteiger partial charge in [-0.15, -0.1) is 0 Å². The number of hydrogen-bond donors (Lipinski definition) is 10. The van der Waals surface area contributed by atoms with Crippen molar-refractivity contribution >= 4 is 94.1 Å². The second kappa shape index (κ2) is 58.1. The first-order valence-corrected chi connectivity index (χ1v) is 47.4. The molecule has 9 rings (SSSR count). The summed E-state index contributed by atoms with van der Waals surface area (Å²) in [5.41, 5.74) is -6.38. The normalized spacial score (nSPS) is 22.0. The zero-order chi connectivity index (χ0) is 103. The van der Waals surface area contributed by atoms with Gasteiger partial charge in [0, 0.05) is 78.1 Å². The van der Waals surface area contributed by atoms with E-state index in [1.54, 1.807) is 45.9 Å². The number of fused-ring (bicyclic) bond motifs is 7. The molecule has 10 N–H and O–H groups in total. The number of nitrogens with one attached hydrogen (secondary N) is 7. The molecule has 0 unspecified atom stereocenters. The second-order valence-electron chi connectivity index (χ2n) is 35.0. The fourth-order valence-electron chi connectivity index (χ4n) is 17.5. The number of carboxylic acids is 2. The number of aryl methyl sites for hydroxylation is 1. The van der Waals surface area contributed by atoms with E-state index in [0.717, 1.165) is 23.1 Å². The fourth-order valence-corrected chi connectivity index (χ4v) is 17.5. The van der Waals surface area contributed by atoms with E-state index in [9.17, 15) is 71.8 Å². The van der Waals surface area contributed by atoms with Gasteiger partial charge in [0.05, 0.1) is 190 Å². The summed E-state index contributed by atoms with van der Waals surface area (Å²) in [5.74, 6) is -12.7. The molecule has 4 fully saturated rings. The number of imide groups is 1. The van der Waals surface area contributed by atoms with Crippen molar-refractivity contribution in [1.82, 2.24) is 36.8 Å². The molecule has 2 heterocycles. The molecule has 4 aliphatic carbocycles. The van der Waals surface area contributed by atoms with Gasteiger partial charge >= 0.3 is 18.0 Å². The van der Waals surface area contributed by atoms with E-state index in [4.69, 9.17) is 86.0 Å². The number of carboxylic acid groups (broad SMARTS) is 2. The van der Waals surface area contributed by atoms with Crippen molar-refractivity contribution < 1.29 is 171 Å². The molecule has 13 atom stereocenters. The Hall–Kier alpha value is -11.0. The minimum absolute atomic E-state index is 0.00648. The zero-order valence-corrected chi connectivity index (χ0v) is 80.7.